The maximum Gasteiger partial charge on any atom is 0.336 e. The Bertz CT molecular complexity index is 966. The van der Waals surface area contributed by atoms with Crippen LogP contribution in [-0.2, 0) is 0 Å². The fourth-order valence-corrected chi connectivity index (χ4v) is 2.89. The zero-order chi connectivity index (χ0) is 17.4. The van der Waals surface area contributed by atoms with E-state index in [2.05, 4.69) is 4.98 Å². The number of nitrogens with zero attached hydrogens (tertiary/aromatic N) is 1. The van der Waals surface area contributed by atoms with Gasteiger partial charge in [-0.3, -0.25) is 0 Å². The van der Waals surface area contributed by atoms with Crippen molar-refractivity contribution >= 4 is 28.5 Å². The molecular weight excluding hydrogens is 326 g/mol. The van der Waals surface area contributed by atoms with Crippen LogP contribution in [0.1, 0.15) is 21.5 Å². The summed E-state index contributed by atoms with van der Waals surface area (Å²) in [7, 11) is 1.58. The average molecular weight is 342 g/mol. The van der Waals surface area contributed by atoms with E-state index in [1.807, 2.05) is 32.0 Å². The third-order valence-electron chi connectivity index (χ3n) is 4.03. The molecule has 4 nitrogen and oxygen atoms in total. The van der Waals surface area contributed by atoms with Gasteiger partial charge in [0.05, 0.1) is 23.9 Å². The molecule has 0 aliphatic carbocycles. The summed E-state index contributed by atoms with van der Waals surface area (Å²) in [5.74, 6) is -0.361. The smallest absolute Gasteiger partial charge is 0.336 e. The zero-order valence-corrected chi connectivity index (χ0v) is 14.3. The number of hydrogen-bond donors (Lipinski definition) is 1. The Balaban J connectivity index is 2.40. The lowest BCUT2D eigenvalue weighted by atomic mass is 10.0. The summed E-state index contributed by atoms with van der Waals surface area (Å²) in [4.78, 5) is 16.4. The lowest BCUT2D eigenvalue weighted by Crippen LogP contribution is -2.02. The Morgan fingerprint density at radius 1 is 1.17 bits per heavy atom. The summed E-state index contributed by atoms with van der Waals surface area (Å²) in [6, 6.07) is 10.7. The minimum atomic E-state index is -1.00. The molecule has 0 saturated heterocycles. The Kier molecular flexibility index (Phi) is 4.16. The van der Waals surface area contributed by atoms with E-state index in [9.17, 15) is 9.90 Å². The van der Waals surface area contributed by atoms with Gasteiger partial charge in [-0.1, -0.05) is 29.3 Å². The van der Waals surface area contributed by atoms with Gasteiger partial charge < -0.3 is 9.84 Å². The van der Waals surface area contributed by atoms with Gasteiger partial charge in [-0.25, -0.2) is 9.78 Å². The summed E-state index contributed by atoms with van der Waals surface area (Å²) in [5.41, 5.74) is 3.86. The molecule has 0 bridgehead atoms. The van der Waals surface area contributed by atoms with Crippen LogP contribution in [0.5, 0.6) is 5.75 Å². The molecule has 3 rings (SSSR count). The molecule has 0 aliphatic heterocycles. The van der Waals surface area contributed by atoms with Crippen LogP contribution in [-0.4, -0.2) is 23.2 Å². The summed E-state index contributed by atoms with van der Waals surface area (Å²) < 4.78 is 5.41. The van der Waals surface area contributed by atoms with Crippen LogP contribution in [0.2, 0.25) is 5.02 Å². The highest BCUT2D eigenvalue weighted by Crippen LogP contribution is 2.34. The van der Waals surface area contributed by atoms with Crippen molar-refractivity contribution in [3.63, 3.8) is 0 Å². The Morgan fingerprint density at radius 2 is 1.92 bits per heavy atom. The van der Waals surface area contributed by atoms with Crippen molar-refractivity contribution in [2.24, 2.45) is 0 Å². The second kappa shape index (κ2) is 6.13. The van der Waals surface area contributed by atoms with Gasteiger partial charge >= 0.3 is 5.97 Å². The monoisotopic (exact) mass is 341 g/mol. The first kappa shape index (κ1) is 16.3. The van der Waals surface area contributed by atoms with Gasteiger partial charge in [0.25, 0.3) is 0 Å². The molecule has 0 spiro atoms. The third kappa shape index (κ3) is 2.69. The highest BCUT2D eigenvalue weighted by Gasteiger charge is 2.17. The van der Waals surface area contributed by atoms with Crippen LogP contribution < -0.4 is 4.74 Å². The molecule has 5 heteroatoms. The van der Waals surface area contributed by atoms with Crippen molar-refractivity contribution < 1.29 is 14.6 Å². The van der Waals surface area contributed by atoms with E-state index in [4.69, 9.17) is 16.3 Å². The maximum atomic E-state index is 11.7. The Labute approximate surface area is 144 Å². The number of halogens is 1. The second-order valence-corrected chi connectivity index (χ2v) is 6.04. The number of benzene rings is 2. The van der Waals surface area contributed by atoms with Crippen LogP contribution in [0.4, 0.5) is 0 Å². The van der Waals surface area contributed by atoms with Crippen LogP contribution in [0.3, 0.4) is 0 Å². The van der Waals surface area contributed by atoms with Crippen molar-refractivity contribution in [1.29, 1.82) is 0 Å². The summed E-state index contributed by atoms with van der Waals surface area (Å²) >= 11 is 6.19. The van der Waals surface area contributed by atoms with Gasteiger partial charge in [0.15, 0.2) is 0 Å². The fourth-order valence-electron chi connectivity index (χ4n) is 2.74. The SMILES string of the molecule is COc1ccc(C)cc1-c1cc(C(=O)O)c2ccc(Cl)c(C)c2n1. The van der Waals surface area contributed by atoms with E-state index >= 15 is 0 Å². The largest absolute Gasteiger partial charge is 0.496 e. The predicted octanol–water partition coefficient (Wildman–Crippen LogP) is 4.88. The van der Waals surface area contributed by atoms with Gasteiger partial charge in [0.1, 0.15) is 5.75 Å². The van der Waals surface area contributed by atoms with Gasteiger partial charge in [0.2, 0.25) is 0 Å². The molecule has 0 radical (unpaired) electrons. The highest BCUT2D eigenvalue weighted by atomic mass is 35.5. The van der Waals surface area contributed by atoms with Gasteiger partial charge in [-0.2, -0.15) is 0 Å². The van der Waals surface area contributed by atoms with Crippen molar-refractivity contribution in [3.05, 3.63) is 58.1 Å². The van der Waals surface area contributed by atoms with E-state index in [1.54, 1.807) is 25.3 Å². The number of aromatic carboxylic acids is 1. The van der Waals surface area contributed by atoms with E-state index in [0.29, 0.717) is 27.4 Å². The summed E-state index contributed by atoms with van der Waals surface area (Å²) in [5, 5.41) is 10.7. The van der Waals surface area contributed by atoms with Crippen LogP contribution >= 0.6 is 11.6 Å². The molecule has 0 atom stereocenters. The molecular formula is C19H16ClNO3. The number of aromatic nitrogens is 1. The van der Waals surface area contributed by atoms with Crippen molar-refractivity contribution in [3.8, 4) is 17.0 Å². The number of rotatable bonds is 3. The first-order valence-corrected chi connectivity index (χ1v) is 7.78. The second-order valence-electron chi connectivity index (χ2n) is 5.63. The standard InChI is InChI=1S/C19H16ClNO3/c1-10-4-7-17(24-3)14(8-10)16-9-13(19(22)23)12-5-6-15(20)11(2)18(12)21-16/h4-9H,1-3H3,(H,22,23). The molecule has 3 aromatic rings. The number of carboxylic acids is 1. The van der Waals surface area contributed by atoms with E-state index < -0.39 is 5.97 Å². The number of pyridine rings is 1. The lowest BCUT2D eigenvalue weighted by molar-refractivity contribution is 0.0699. The third-order valence-corrected chi connectivity index (χ3v) is 4.44. The number of methoxy groups -OCH3 is 1. The number of hydrogen-bond acceptors (Lipinski definition) is 3. The lowest BCUT2D eigenvalue weighted by Gasteiger charge is -2.13. The quantitative estimate of drug-likeness (QED) is 0.737. The normalized spacial score (nSPS) is 10.8. The van der Waals surface area contributed by atoms with E-state index in [-0.39, 0.29) is 5.56 Å². The van der Waals surface area contributed by atoms with E-state index in [0.717, 1.165) is 16.7 Å². The maximum absolute atomic E-state index is 11.7. The molecule has 1 N–H and O–H groups in total. The molecule has 2 aromatic carbocycles. The molecule has 24 heavy (non-hydrogen) atoms. The fraction of sp³-hybridized carbons (Fsp3) is 0.158. The first-order valence-electron chi connectivity index (χ1n) is 7.40. The van der Waals surface area contributed by atoms with Crippen LogP contribution in [0, 0.1) is 13.8 Å². The van der Waals surface area contributed by atoms with Crippen molar-refractivity contribution in [2.75, 3.05) is 7.11 Å². The number of carbonyl (C=O) groups is 1. The van der Waals surface area contributed by atoms with Gasteiger partial charge in [-0.15, -0.1) is 0 Å². The molecule has 0 aliphatic rings. The predicted molar refractivity (Wildman–Crippen MR) is 95.2 cm³/mol. The van der Waals surface area contributed by atoms with E-state index in [1.165, 1.54) is 0 Å². The van der Waals surface area contributed by atoms with Gasteiger partial charge in [-0.05, 0) is 43.7 Å². The number of ether oxygens (including phenoxy) is 1. The Hall–Kier alpha value is -2.59. The van der Waals surface area contributed by atoms with Crippen molar-refractivity contribution in [2.45, 2.75) is 13.8 Å². The molecule has 0 amide bonds. The molecule has 1 aromatic heterocycles. The van der Waals surface area contributed by atoms with Gasteiger partial charge in [0, 0.05) is 16.0 Å². The minimum Gasteiger partial charge on any atom is -0.496 e. The van der Waals surface area contributed by atoms with Crippen molar-refractivity contribution in [1.82, 2.24) is 4.98 Å². The molecule has 1 heterocycles. The molecule has 122 valence electrons. The number of fused-ring (bicyclic) bond motifs is 1. The van der Waals surface area contributed by atoms with Crippen LogP contribution in [0.25, 0.3) is 22.2 Å². The number of aryl methyl sites for hydroxylation is 2. The Morgan fingerprint density at radius 3 is 2.58 bits per heavy atom. The molecule has 0 unspecified atom stereocenters. The topological polar surface area (TPSA) is 59.4 Å². The summed E-state index contributed by atoms with van der Waals surface area (Å²) in [6.45, 7) is 3.80. The highest BCUT2D eigenvalue weighted by molar-refractivity contribution is 6.32. The molecule has 0 saturated carbocycles. The van der Waals surface area contributed by atoms with Crippen LogP contribution in [0.15, 0.2) is 36.4 Å². The minimum absolute atomic E-state index is 0.193. The number of carboxylic acid groups (broad SMARTS) is 1. The zero-order valence-electron chi connectivity index (χ0n) is 13.6. The molecule has 0 fully saturated rings. The summed E-state index contributed by atoms with van der Waals surface area (Å²) in [6.07, 6.45) is 0. The average Bonchev–Trinajstić information content (AvgIpc) is 2.57. The first-order chi connectivity index (χ1) is 11.4.